The van der Waals surface area contributed by atoms with E-state index in [0.29, 0.717) is 23.7 Å². The average molecular weight is 365 g/mol. The zero-order valence-electron chi connectivity index (χ0n) is 15.7. The molecule has 2 aromatic rings. The lowest BCUT2D eigenvalue weighted by molar-refractivity contribution is -0.112. The van der Waals surface area contributed by atoms with E-state index in [0.717, 1.165) is 6.42 Å². The van der Waals surface area contributed by atoms with Gasteiger partial charge in [0.1, 0.15) is 11.6 Å². The minimum Gasteiger partial charge on any atom is -0.493 e. The minimum absolute atomic E-state index is 0.00503. The summed E-state index contributed by atoms with van der Waals surface area (Å²) in [5.41, 5.74) is 2.95. The Morgan fingerprint density at radius 3 is 2.56 bits per heavy atom. The zero-order valence-corrected chi connectivity index (χ0v) is 15.7. The van der Waals surface area contributed by atoms with Gasteiger partial charge in [0.15, 0.2) is 11.5 Å². The summed E-state index contributed by atoms with van der Waals surface area (Å²) in [4.78, 5) is 12.3. The Labute approximate surface area is 159 Å². The Hall–Kier alpha value is -3.46. The van der Waals surface area contributed by atoms with Crippen LogP contribution in [0.2, 0.25) is 0 Å². The number of benzene rings is 2. The van der Waals surface area contributed by atoms with E-state index < -0.39 is 5.91 Å². The second-order valence-corrected chi connectivity index (χ2v) is 5.82. The molecule has 2 rings (SSSR count). The molecule has 0 aliphatic carbocycles. The summed E-state index contributed by atoms with van der Waals surface area (Å²) in [5.74, 6) is 0.562. The second kappa shape index (κ2) is 9.88. The third-order valence-electron chi connectivity index (χ3n) is 4.05. The van der Waals surface area contributed by atoms with Gasteiger partial charge in [0, 0.05) is 24.5 Å². The highest BCUT2D eigenvalue weighted by Gasteiger charge is 2.11. The highest BCUT2D eigenvalue weighted by atomic mass is 16.5. The minimum atomic E-state index is -0.492. The molecule has 140 valence electrons. The molecule has 1 amide bonds. The third kappa shape index (κ3) is 5.51. The van der Waals surface area contributed by atoms with E-state index in [1.807, 2.05) is 18.2 Å². The number of nitriles is 1. The van der Waals surface area contributed by atoms with Crippen molar-refractivity contribution in [1.82, 2.24) is 5.32 Å². The molecule has 0 saturated carbocycles. The molecule has 0 bridgehead atoms. The van der Waals surface area contributed by atoms with Crippen LogP contribution < -0.4 is 20.1 Å². The molecule has 2 N–H and O–H groups in total. The van der Waals surface area contributed by atoms with Gasteiger partial charge >= 0.3 is 0 Å². The summed E-state index contributed by atoms with van der Waals surface area (Å²) in [6.07, 6.45) is 2.24. The van der Waals surface area contributed by atoms with Crippen LogP contribution in [0.3, 0.4) is 0 Å². The van der Waals surface area contributed by atoms with Gasteiger partial charge in [-0.1, -0.05) is 24.3 Å². The van der Waals surface area contributed by atoms with Crippen molar-refractivity contribution in [2.75, 3.05) is 26.1 Å². The molecular formula is C21H23N3O3. The van der Waals surface area contributed by atoms with Crippen LogP contribution in [0.4, 0.5) is 5.69 Å². The topological polar surface area (TPSA) is 83.4 Å². The van der Waals surface area contributed by atoms with Gasteiger partial charge in [-0.15, -0.1) is 0 Å². The van der Waals surface area contributed by atoms with Crippen molar-refractivity contribution in [1.29, 1.82) is 5.26 Å². The molecule has 0 aliphatic heterocycles. The summed E-state index contributed by atoms with van der Waals surface area (Å²) in [7, 11) is 3.05. The molecule has 0 unspecified atom stereocenters. The molecule has 0 spiro atoms. The van der Waals surface area contributed by atoms with E-state index in [1.54, 1.807) is 18.2 Å². The van der Waals surface area contributed by atoms with Crippen LogP contribution in [0.5, 0.6) is 11.5 Å². The van der Waals surface area contributed by atoms with Crippen molar-refractivity contribution in [2.45, 2.75) is 13.3 Å². The molecule has 6 heteroatoms. The largest absolute Gasteiger partial charge is 0.493 e. The van der Waals surface area contributed by atoms with E-state index in [9.17, 15) is 10.1 Å². The maximum absolute atomic E-state index is 12.3. The maximum atomic E-state index is 12.3. The van der Waals surface area contributed by atoms with Crippen molar-refractivity contribution in [3.63, 3.8) is 0 Å². The Bertz CT molecular complexity index is 869. The first-order valence-electron chi connectivity index (χ1n) is 8.50. The molecule has 0 saturated heterocycles. The number of methoxy groups -OCH3 is 2. The van der Waals surface area contributed by atoms with Crippen LogP contribution in [0.15, 0.2) is 54.2 Å². The van der Waals surface area contributed by atoms with Gasteiger partial charge in [-0.2, -0.15) is 5.26 Å². The van der Waals surface area contributed by atoms with Gasteiger partial charge in [-0.3, -0.25) is 4.79 Å². The SMILES string of the molecule is COc1ccc(NC(=O)/C(C#N)=C\NCCc2ccccc2C)cc1OC. The lowest BCUT2D eigenvalue weighted by Crippen LogP contribution is -2.18. The van der Waals surface area contributed by atoms with E-state index >= 15 is 0 Å². The number of ether oxygens (including phenoxy) is 2. The van der Waals surface area contributed by atoms with Crippen LogP contribution in [0.1, 0.15) is 11.1 Å². The average Bonchev–Trinajstić information content (AvgIpc) is 2.69. The normalized spacial score (nSPS) is 10.7. The molecule has 0 fully saturated rings. The molecule has 6 nitrogen and oxygen atoms in total. The standard InChI is InChI=1S/C21H23N3O3/c1-15-6-4-5-7-16(15)10-11-23-14-17(13-22)21(25)24-18-8-9-19(26-2)20(12-18)27-3/h4-9,12,14,23H,10-11H2,1-3H3,(H,24,25)/b17-14-. The highest BCUT2D eigenvalue weighted by Crippen LogP contribution is 2.29. The molecule has 2 aromatic carbocycles. The van der Waals surface area contributed by atoms with Crippen molar-refractivity contribution in [3.05, 3.63) is 65.4 Å². The fourth-order valence-electron chi connectivity index (χ4n) is 2.53. The first-order valence-corrected chi connectivity index (χ1v) is 8.50. The van der Waals surface area contributed by atoms with Crippen LogP contribution in [0.25, 0.3) is 0 Å². The highest BCUT2D eigenvalue weighted by molar-refractivity contribution is 6.06. The van der Waals surface area contributed by atoms with Gasteiger partial charge < -0.3 is 20.1 Å². The van der Waals surface area contributed by atoms with Gasteiger partial charge in [-0.25, -0.2) is 0 Å². The molecule has 0 heterocycles. The second-order valence-electron chi connectivity index (χ2n) is 5.82. The quantitative estimate of drug-likeness (QED) is 0.426. The van der Waals surface area contributed by atoms with Gasteiger partial charge in [-0.05, 0) is 36.6 Å². The van der Waals surface area contributed by atoms with Crippen molar-refractivity contribution in [3.8, 4) is 17.6 Å². The Morgan fingerprint density at radius 1 is 1.15 bits per heavy atom. The van der Waals surface area contributed by atoms with Crippen LogP contribution in [-0.4, -0.2) is 26.7 Å². The van der Waals surface area contributed by atoms with Gasteiger partial charge in [0.25, 0.3) is 5.91 Å². The van der Waals surface area contributed by atoms with Crippen LogP contribution >= 0.6 is 0 Å². The smallest absolute Gasteiger partial charge is 0.267 e. The third-order valence-corrected chi connectivity index (χ3v) is 4.05. The fraction of sp³-hybridized carbons (Fsp3) is 0.238. The number of nitrogens with zero attached hydrogens (tertiary/aromatic N) is 1. The molecule has 0 aromatic heterocycles. The summed E-state index contributed by atoms with van der Waals surface area (Å²) < 4.78 is 10.4. The van der Waals surface area contributed by atoms with Gasteiger partial charge in [0.2, 0.25) is 0 Å². The number of nitrogens with one attached hydrogen (secondary N) is 2. The Kier molecular flexibility index (Phi) is 7.26. The molecule has 0 aliphatic rings. The summed E-state index contributed by atoms with van der Waals surface area (Å²) in [5, 5.41) is 15.0. The van der Waals surface area contributed by atoms with Crippen LogP contribution in [0, 0.1) is 18.3 Å². The fourth-order valence-corrected chi connectivity index (χ4v) is 2.53. The predicted molar refractivity (Wildman–Crippen MR) is 105 cm³/mol. The predicted octanol–water partition coefficient (Wildman–Crippen LogP) is 3.19. The monoisotopic (exact) mass is 365 g/mol. The molecule has 27 heavy (non-hydrogen) atoms. The van der Waals surface area contributed by atoms with E-state index in [2.05, 4.69) is 29.7 Å². The Balaban J connectivity index is 1.96. The molecule has 0 radical (unpaired) electrons. The van der Waals surface area contributed by atoms with Crippen molar-refractivity contribution in [2.24, 2.45) is 0 Å². The number of hydrogen-bond donors (Lipinski definition) is 2. The van der Waals surface area contributed by atoms with Crippen LogP contribution in [-0.2, 0) is 11.2 Å². The number of carbonyl (C=O) groups is 1. The number of rotatable bonds is 8. The number of aryl methyl sites for hydroxylation is 1. The van der Waals surface area contributed by atoms with E-state index in [-0.39, 0.29) is 5.57 Å². The summed E-state index contributed by atoms with van der Waals surface area (Å²) in [6.45, 7) is 2.68. The number of amides is 1. The van der Waals surface area contributed by atoms with Crippen molar-refractivity contribution < 1.29 is 14.3 Å². The molecular weight excluding hydrogens is 342 g/mol. The lowest BCUT2D eigenvalue weighted by atomic mass is 10.1. The number of hydrogen-bond acceptors (Lipinski definition) is 5. The lowest BCUT2D eigenvalue weighted by Gasteiger charge is -2.10. The number of anilines is 1. The van der Waals surface area contributed by atoms with E-state index in [1.165, 1.54) is 31.5 Å². The number of carbonyl (C=O) groups excluding carboxylic acids is 1. The maximum Gasteiger partial charge on any atom is 0.267 e. The first kappa shape index (κ1) is 19.9. The van der Waals surface area contributed by atoms with Crippen molar-refractivity contribution >= 4 is 11.6 Å². The molecule has 0 atom stereocenters. The first-order chi connectivity index (χ1) is 13.1. The zero-order chi connectivity index (χ0) is 19.6. The summed E-state index contributed by atoms with van der Waals surface area (Å²) in [6, 6.07) is 15.0. The Morgan fingerprint density at radius 2 is 1.89 bits per heavy atom. The summed E-state index contributed by atoms with van der Waals surface area (Å²) >= 11 is 0. The van der Waals surface area contributed by atoms with Gasteiger partial charge in [0.05, 0.1) is 14.2 Å². The van der Waals surface area contributed by atoms with E-state index in [4.69, 9.17) is 9.47 Å².